The smallest absolute Gasteiger partial charge is 0.270 e. The van der Waals surface area contributed by atoms with Gasteiger partial charge in [-0.05, 0) is 28.5 Å². The molecule has 0 spiro atoms. The first-order valence-corrected chi connectivity index (χ1v) is 9.88. The molecule has 0 aliphatic carbocycles. The highest BCUT2D eigenvalue weighted by atomic mass is 35.5. The number of halogens is 2. The zero-order valence-corrected chi connectivity index (χ0v) is 17.6. The van der Waals surface area contributed by atoms with Crippen LogP contribution < -0.4 is 0 Å². The van der Waals surface area contributed by atoms with Crippen LogP contribution in [-0.2, 0) is 4.79 Å². The van der Waals surface area contributed by atoms with E-state index in [0.29, 0.717) is 20.8 Å². The maximum Gasteiger partial charge on any atom is 0.270 e. The number of carbonyl (C=O) groups excluding carboxylic acids is 2. The van der Waals surface area contributed by atoms with Crippen molar-refractivity contribution in [3.05, 3.63) is 85.9 Å². The molecule has 1 atom stereocenters. The minimum Gasteiger partial charge on any atom is -0.341 e. The number of fused-ring (bicyclic) bond motifs is 1. The van der Waals surface area contributed by atoms with Crippen LogP contribution in [0.1, 0.15) is 28.3 Å². The standard InChI is InChI=1S/C22H18Cl2N2O4/c1-25(13-16(8-9-27)14-6-7-20(23)21(24)11-14)22(28)19-12-17(26(29)30)10-15-4-2-3-5-18(15)19/h2-7,9-12,16H,8,13H2,1H3/t16-/m1/s1. The van der Waals surface area contributed by atoms with Crippen molar-refractivity contribution >= 4 is 51.9 Å². The second kappa shape index (κ2) is 9.24. The molecule has 6 nitrogen and oxygen atoms in total. The molecule has 1 amide bonds. The van der Waals surface area contributed by atoms with Crippen LogP contribution in [0.5, 0.6) is 0 Å². The van der Waals surface area contributed by atoms with Crippen LogP contribution in [0, 0.1) is 10.1 Å². The van der Waals surface area contributed by atoms with E-state index in [0.717, 1.165) is 11.8 Å². The topological polar surface area (TPSA) is 80.5 Å². The number of hydrogen-bond acceptors (Lipinski definition) is 4. The van der Waals surface area contributed by atoms with Gasteiger partial charge in [0.1, 0.15) is 6.29 Å². The van der Waals surface area contributed by atoms with Gasteiger partial charge in [-0.3, -0.25) is 14.9 Å². The summed E-state index contributed by atoms with van der Waals surface area (Å²) in [5.41, 5.74) is 0.862. The van der Waals surface area contributed by atoms with Crippen LogP contribution >= 0.6 is 23.2 Å². The average Bonchev–Trinajstić information content (AvgIpc) is 2.73. The fourth-order valence-electron chi connectivity index (χ4n) is 3.39. The third-order valence-corrected chi connectivity index (χ3v) is 5.66. The molecule has 0 fully saturated rings. The maximum absolute atomic E-state index is 13.2. The monoisotopic (exact) mass is 444 g/mol. The van der Waals surface area contributed by atoms with Crippen LogP contribution in [-0.4, -0.2) is 35.6 Å². The van der Waals surface area contributed by atoms with Gasteiger partial charge in [-0.1, -0.05) is 53.5 Å². The quantitative estimate of drug-likeness (QED) is 0.273. The Bertz CT molecular complexity index is 1130. The molecule has 0 aliphatic heterocycles. The molecular formula is C22H18Cl2N2O4. The summed E-state index contributed by atoms with van der Waals surface area (Å²) in [6.07, 6.45) is 0.972. The van der Waals surface area contributed by atoms with E-state index in [1.807, 2.05) is 0 Å². The molecule has 3 aromatic rings. The summed E-state index contributed by atoms with van der Waals surface area (Å²) >= 11 is 12.1. The van der Waals surface area contributed by atoms with E-state index >= 15 is 0 Å². The molecule has 0 radical (unpaired) electrons. The van der Waals surface area contributed by atoms with E-state index in [9.17, 15) is 19.7 Å². The summed E-state index contributed by atoms with van der Waals surface area (Å²) in [4.78, 5) is 36.7. The number of amides is 1. The molecule has 0 bridgehead atoms. The molecule has 154 valence electrons. The first-order valence-electron chi connectivity index (χ1n) is 9.13. The summed E-state index contributed by atoms with van der Waals surface area (Å²) in [7, 11) is 1.60. The van der Waals surface area contributed by atoms with Gasteiger partial charge in [0.2, 0.25) is 0 Å². The predicted octanol–water partition coefficient (Wildman–Crippen LogP) is 5.50. The molecule has 0 saturated heterocycles. The molecule has 8 heteroatoms. The lowest BCUT2D eigenvalue weighted by molar-refractivity contribution is -0.384. The number of likely N-dealkylation sites (N-methyl/N-ethyl adjacent to an activating group) is 1. The summed E-state index contributed by atoms with van der Waals surface area (Å²) in [6, 6.07) is 14.8. The van der Waals surface area contributed by atoms with Crippen molar-refractivity contribution in [1.82, 2.24) is 4.90 Å². The lowest BCUT2D eigenvalue weighted by Crippen LogP contribution is -2.31. The van der Waals surface area contributed by atoms with Gasteiger partial charge in [-0.2, -0.15) is 0 Å². The molecule has 0 heterocycles. The van der Waals surface area contributed by atoms with Crippen molar-refractivity contribution < 1.29 is 14.5 Å². The Hall–Kier alpha value is -2.96. The number of nitro benzene ring substituents is 1. The molecule has 0 unspecified atom stereocenters. The number of rotatable bonds is 7. The second-order valence-corrected chi connectivity index (χ2v) is 7.74. The number of non-ortho nitro benzene ring substituents is 1. The van der Waals surface area contributed by atoms with Gasteiger partial charge in [-0.15, -0.1) is 0 Å². The Kier molecular flexibility index (Phi) is 6.70. The van der Waals surface area contributed by atoms with Crippen molar-refractivity contribution in [2.24, 2.45) is 0 Å². The first-order chi connectivity index (χ1) is 14.3. The summed E-state index contributed by atoms with van der Waals surface area (Å²) in [5.74, 6) is -0.665. The summed E-state index contributed by atoms with van der Waals surface area (Å²) < 4.78 is 0. The Morgan fingerprint density at radius 1 is 1.13 bits per heavy atom. The minimum atomic E-state index is -0.520. The van der Waals surface area contributed by atoms with Gasteiger partial charge >= 0.3 is 0 Å². The summed E-state index contributed by atoms with van der Waals surface area (Å²) in [5, 5.41) is 13.3. The van der Waals surface area contributed by atoms with Crippen molar-refractivity contribution in [2.45, 2.75) is 12.3 Å². The third kappa shape index (κ3) is 4.61. The van der Waals surface area contributed by atoms with E-state index in [2.05, 4.69) is 0 Å². The van der Waals surface area contributed by atoms with E-state index in [1.54, 1.807) is 49.5 Å². The van der Waals surface area contributed by atoms with Gasteiger partial charge in [-0.25, -0.2) is 0 Å². The second-order valence-electron chi connectivity index (χ2n) is 6.93. The highest BCUT2D eigenvalue weighted by Crippen LogP contribution is 2.30. The van der Waals surface area contributed by atoms with Gasteiger partial charge in [0.05, 0.1) is 20.5 Å². The number of carbonyl (C=O) groups is 2. The molecule has 30 heavy (non-hydrogen) atoms. The zero-order valence-electron chi connectivity index (χ0n) is 16.0. The van der Waals surface area contributed by atoms with Gasteiger partial charge < -0.3 is 9.69 Å². The number of nitrogens with zero attached hydrogens (tertiary/aromatic N) is 2. The van der Waals surface area contributed by atoms with Gasteiger partial charge in [0.25, 0.3) is 11.6 Å². The van der Waals surface area contributed by atoms with Crippen molar-refractivity contribution in [1.29, 1.82) is 0 Å². The van der Waals surface area contributed by atoms with Gasteiger partial charge in [0.15, 0.2) is 0 Å². The highest BCUT2D eigenvalue weighted by Gasteiger charge is 2.23. The van der Waals surface area contributed by atoms with Crippen LogP contribution in [0.15, 0.2) is 54.6 Å². The fraction of sp³-hybridized carbons (Fsp3) is 0.182. The maximum atomic E-state index is 13.2. The summed E-state index contributed by atoms with van der Waals surface area (Å²) in [6.45, 7) is 0.229. The molecule has 3 aromatic carbocycles. The lowest BCUT2D eigenvalue weighted by Gasteiger charge is -2.24. The third-order valence-electron chi connectivity index (χ3n) is 4.92. The molecule has 0 saturated carbocycles. The van der Waals surface area contributed by atoms with Crippen molar-refractivity contribution in [3.8, 4) is 0 Å². The minimum absolute atomic E-state index is 0.153. The van der Waals surface area contributed by atoms with Crippen molar-refractivity contribution in [3.63, 3.8) is 0 Å². The Morgan fingerprint density at radius 2 is 1.87 bits per heavy atom. The van der Waals surface area contributed by atoms with Crippen LogP contribution in [0.2, 0.25) is 10.0 Å². The van der Waals surface area contributed by atoms with Crippen molar-refractivity contribution in [2.75, 3.05) is 13.6 Å². The first kappa shape index (κ1) is 21.7. The molecule has 0 N–H and O–H groups in total. The number of hydrogen-bond donors (Lipinski definition) is 0. The normalized spacial score (nSPS) is 11.8. The zero-order chi connectivity index (χ0) is 21.8. The van der Waals surface area contributed by atoms with Crippen LogP contribution in [0.25, 0.3) is 10.8 Å². The van der Waals surface area contributed by atoms with E-state index < -0.39 is 4.92 Å². The fourth-order valence-corrected chi connectivity index (χ4v) is 3.70. The Labute approximate surface area is 183 Å². The Morgan fingerprint density at radius 3 is 2.53 bits per heavy atom. The SMILES string of the molecule is CN(C[C@@H](CC=O)c1ccc(Cl)c(Cl)c1)C(=O)c1cc([N+](=O)[O-])cc2ccccc12. The Balaban J connectivity index is 1.95. The molecule has 3 rings (SSSR count). The lowest BCUT2D eigenvalue weighted by atomic mass is 9.95. The molecule has 0 aromatic heterocycles. The van der Waals surface area contributed by atoms with Crippen LogP contribution in [0.3, 0.4) is 0 Å². The molecular weight excluding hydrogens is 427 g/mol. The number of nitro groups is 1. The predicted molar refractivity (Wildman–Crippen MR) is 117 cm³/mol. The molecule has 0 aliphatic rings. The highest BCUT2D eigenvalue weighted by molar-refractivity contribution is 6.42. The average molecular weight is 445 g/mol. The largest absolute Gasteiger partial charge is 0.341 e. The van der Waals surface area contributed by atoms with E-state index in [4.69, 9.17) is 23.2 Å². The van der Waals surface area contributed by atoms with Gasteiger partial charge in [0, 0.05) is 38.1 Å². The number of benzene rings is 3. The van der Waals surface area contributed by atoms with E-state index in [-0.39, 0.29) is 36.0 Å². The number of aldehydes is 1. The van der Waals surface area contributed by atoms with Crippen LogP contribution in [0.4, 0.5) is 5.69 Å². The van der Waals surface area contributed by atoms with E-state index in [1.165, 1.54) is 17.0 Å².